The van der Waals surface area contributed by atoms with Crippen LogP contribution in [0.15, 0.2) is 30.5 Å². The first-order chi connectivity index (χ1) is 8.70. The second kappa shape index (κ2) is 5.71. The van der Waals surface area contributed by atoms with E-state index in [4.69, 9.17) is 4.74 Å². The topological polar surface area (TPSA) is 42.1 Å². The molecule has 0 amide bonds. The lowest BCUT2D eigenvalue weighted by Gasteiger charge is -2.11. The van der Waals surface area contributed by atoms with Gasteiger partial charge in [0.15, 0.2) is 0 Å². The molecule has 18 heavy (non-hydrogen) atoms. The summed E-state index contributed by atoms with van der Waals surface area (Å²) in [5.41, 5.74) is 2.41. The summed E-state index contributed by atoms with van der Waals surface area (Å²) in [4.78, 5) is 14.5. The van der Waals surface area contributed by atoms with Gasteiger partial charge in [-0.25, -0.2) is 0 Å². The molecule has 3 nitrogen and oxygen atoms in total. The Bertz CT molecular complexity index is 530. The average molecular weight is 245 g/mol. The lowest BCUT2D eigenvalue weighted by Crippen LogP contribution is -2.05. The van der Waals surface area contributed by atoms with Crippen molar-refractivity contribution in [2.75, 3.05) is 6.61 Å². The first-order valence-corrected chi connectivity index (χ1v) is 6.43. The van der Waals surface area contributed by atoms with Crippen LogP contribution < -0.4 is 0 Å². The van der Waals surface area contributed by atoms with E-state index in [1.54, 1.807) is 0 Å². The molecule has 0 spiro atoms. The van der Waals surface area contributed by atoms with Crippen molar-refractivity contribution in [2.45, 2.75) is 32.6 Å². The second-order valence-corrected chi connectivity index (χ2v) is 4.57. The average Bonchev–Trinajstić information content (AvgIpc) is 2.83. The predicted molar refractivity (Wildman–Crippen MR) is 72.6 cm³/mol. The van der Waals surface area contributed by atoms with Gasteiger partial charge in [-0.05, 0) is 42.3 Å². The third-order valence-electron chi connectivity index (χ3n) is 3.23. The van der Waals surface area contributed by atoms with Crippen molar-refractivity contribution in [2.24, 2.45) is 0 Å². The second-order valence-electron chi connectivity index (χ2n) is 4.57. The zero-order chi connectivity index (χ0) is 13.0. The maximum Gasteiger partial charge on any atom is 0.305 e. The third-order valence-corrected chi connectivity index (χ3v) is 3.23. The van der Waals surface area contributed by atoms with Gasteiger partial charge < -0.3 is 9.72 Å². The fourth-order valence-corrected chi connectivity index (χ4v) is 2.11. The molecule has 0 bridgehead atoms. The highest BCUT2D eigenvalue weighted by Gasteiger charge is 2.10. The van der Waals surface area contributed by atoms with Gasteiger partial charge in [0.1, 0.15) is 0 Å². The third kappa shape index (κ3) is 2.92. The van der Waals surface area contributed by atoms with Gasteiger partial charge in [0.2, 0.25) is 0 Å². The summed E-state index contributed by atoms with van der Waals surface area (Å²) >= 11 is 0. The van der Waals surface area contributed by atoms with E-state index in [2.05, 4.69) is 36.2 Å². The molecule has 3 heteroatoms. The number of aromatic amines is 1. The van der Waals surface area contributed by atoms with Crippen molar-refractivity contribution in [1.82, 2.24) is 4.98 Å². The van der Waals surface area contributed by atoms with Crippen LogP contribution in [0, 0.1) is 0 Å². The van der Waals surface area contributed by atoms with E-state index < -0.39 is 0 Å². The number of ether oxygens (including phenoxy) is 1. The van der Waals surface area contributed by atoms with Crippen molar-refractivity contribution < 1.29 is 9.53 Å². The van der Waals surface area contributed by atoms with Crippen LogP contribution in [0.5, 0.6) is 0 Å². The molecule has 0 fully saturated rings. The molecule has 0 aliphatic heterocycles. The van der Waals surface area contributed by atoms with Crippen LogP contribution in [0.3, 0.4) is 0 Å². The largest absolute Gasteiger partial charge is 0.466 e. The number of carbonyl (C=O) groups is 1. The highest BCUT2D eigenvalue weighted by Crippen LogP contribution is 2.24. The minimum Gasteiger partial charge on any atom is -0.466 e. The Morgan fingerprint density at radius 2 is 2.22 bits per heavy atom. The summed E-state index contributed by atoms with van der Waals surface area (Å²) < 4.78 is 4.94. The molecule has 1 N–H and O–H groups in total. The summed E-state index contributed by atoms with van der Waals surface area (Å²) in [7, 11) is 0. The van der Waals surface area contributed by atoms with Gasteiger partial charge in [0, 0.05) is 18.1 Å². The summed E-state index contributed by atoms with van der Waals surface area (Å²) in [6.07, 6.45) is 3.25. The number of rotatable bonds is 5. The predicted octanol–water partition coefficient (Wildman–Crippen LogP) is 3.61. The molecule has 2 rings (SSSR count). The van der Waals surface area contributed by atoms with Gasteiger partial charge in [-0.15, -0.1) is 0 Å². The number of fused-ring (bicyclic) bond motifs is 1. The van der Waals surface area contributed by atoms with Crippen molar-refractivity contribution in [3.63, 3.8) is 0 Å². The van der Waals surface area contributed by atoms with Crippen LogP contribution in [0.25, 0.3) is 10.9 Å². The normalized spacial score (nSPS) is 12.6. The summed E-state index contributed by atoms with van der Waals surface area (Å²) in [5.74, 6) is 0.257. The Balaban J connectivity index is 1.99. The first kappa shape index (κ1) is 12.7. The van der Waals surface area contributed by atoms with Gasteiger partial charge in [0.05, 0.1) is 6.61 Å². The van der Waals surface area contributed by atoms with Crippen LogP contribution in [-0.2, 0) is 9.53 Å². The van der Waals surface area contributed by atoms with Crippen LogP contribution in [-0.4, -0.2) is 17.6 Å². The minimum atomic E-state index is -0.106. The Hall–Kier alpha value is -1.77. The Morgan fingerprint density at radius 1 is 1.39 bits per heavy atom. The van der Waals surface area contributed by atoms with Crippen molar-refractivity contribution in [3.05, 3.63) is 36.0 Å². The smallest absolute Gasteiger partial charge is 0.305 e. The quantitative estimate of drug-likeness (QED) is 0.817. The van der Waals surface area contributed by atoms with Gasteiger partial charge >= 0.3 is 5.97 Å². The van der Waals surface area contributed by atoms with E-state index in [1.807, 2.05) is 13.1 Å². The van der Waals surface area contributed by atoms with E-state index in [0.717, 1.165) is 11.9 Å². The molecular weight excluding hydrogens is 226 g/mol. The van der Waals surface area contributed by atoms with Gasteiger partial charge in [0.25, 0.3) is 0 Å². The molecule has 0 aliphatic rings. The van der Waals surface area contributed by atoms with E-state index in [1.165, 1.54) is 10.9 Å². The molecular formula is C15H19NO2. The number of hydrogen-bond acceptors (Lipinski definition) is 2. The number of esters is 1. The SMILES string of the molecule is CCOC(=O)CC[C@H](C)c1ccc2cc[nH]c2c1. The fourth-order valence-electron chi connectivity index (χ4n) is 2.11. The fraction of sp³-hybridized carbons (Fsp3) is 0.400. The van der Waals surface area contributed by atoms with Crippen LogP contribution in [0.4, 0.5) is 0 Å². The summed E-state index contributed by atoms with van der Waals surface area (Å²) in [6.45, 7) is 4.44. The van der Waals surface area contributed by atoms with E-state index in [0.29, 0.717) is 18.9 Å². The van der Waals surface area contributed by atoms with Crippen LogP contribution in [0.2, 0.25) is 0 Å². The zero-order valence-electron chi connectivity index (χ0n) is 10.9. The molecule has 0 saturated carbocycles. The molecule has 1 atom stereocenters. The lowest BCUT2D eigenvalue weighted by atomic mass is 9.95. The van der Waals surface area contributed by atoms with E-state index in [-0.39, 0.29) is 5.97 Å². The Labute approximate surface area is 107 Å². The molecule has 96 valence electrons. The van der Waals surface area contributed by atoms with Crippen molar-refractivity contribution in [3.8, 4) is 0 Å². The molecule has 2 aromatic rings. The van der Waals surface area contributed by atoms with Crippen LogP contribution >= 0.6 is 0 Å². The van der Waals surface area contributed by atoms with Gasteiger partial charge in [-0.2, -0.15) is 0 Å². The monoisotopic (exact) mass is 245 g/mol. The van der Waals surface area contributed by atoms with Crippen molar-refractivity contribution >= 4 is 16.9 Å². The number of nitrogens with one attached hydrogen (secondary N) is 1. The minimum absolute atomic E-state index is 0.106. The number of benzene rings is 1. The maximum absolute atomic E-state index is 11.3. The van der Waals surface area contributed by atoms with Gasteiger partial charge in [-0.3, -0.25) is 4.79 Å². The molecule has 1 aromatic carbocycles. The zero-order valence-corrected chi connectivity index (χ0v) is 10.9. The summed E-state index contributed by atoms with van der Waals surface area (Å²) in [6, 6.07) is 8.46. The van der Waals surface area contributed by atoms with Crippen LogP contribution in [0.1, 0.15) is 38.2 Å². The number of carbonyl (C=O) groups excluding carboxylic acids is 1. The van der Waals surface area contributed by atoms with E-state index in [9.17, 15) is 4.79 Å². The maximum atomic E-state index is 11.3. The Morgan fingerprint density at radius 3 is 3.00 bits per heavy atom. The van der Waals surface area contributed by atoms with Crippen molar-refractivity contribution in [1.29, 1.82) is 0 Å². The molecule has 0 saturated heterocycles. The highest BCUT2D eigenvalue weighted by atomic mass is 16.5. The molecule has 0 unspecified atom stereocenters. The molecule has 1 heterocycles. The van der Waals surface area contributed by atoms with E-state index >= 15 is 0 Å². The molecule has 0 radical (unpaired) electrons. The number of hydrogen-bond donors (Lipinski definition) is 1. The standard InChI is InChI=1S/C15H19NO2/c1-3-18-15(17)7-4-11(2)13-6-5-12-8-9-16-14(12)10-13/h5-6,8-11,16H,3-4,7H2,1-2H3/t11-/m0/s1. The highest BCUT2D eigenvalue weighted by molar-refractivity contribution is 5.80. The number of H-pyrrole nitrogens is 1. The molecule has 0 aliphatic carbocycles. The van der Waals surface area contributed by atoms with Gasteiger partial charge in [-0.1, -0.05) is 19.1 Å². The first-order valence-electron chi connectivity index (χ1n) is 6.43. The molecule has 1 aromatic heterocycles. The lowest BCUT2D eigenvalue weighted by molar-refractivity contribution is -0.143. The summed E-state index contributed by atoms with van der Waals surface area (Å²) in [5, 5.41) is 1.22. The number of aromatic nitrogens is 1. The Kier molecular flexibility index (Phi) is 4.03.